The van der Waals surface area contributed by atoms with Crippen molar-refractivity contribution >= 4 is 45.3 Å². The zero-order chi connectivity index (χ0) is 17.6. The summed E-state index contributed by atoms with van der Waals surface area (Å²) in [5, 5.41) is 10.6. The van der Waals surface area contributed by atoms with E-state index in [2.05, 4.69) is 15.9 Å². The molecule has 2 saturated heterocycles. The molecular weight excluding hydrogens is 400 g/mol. The van der Waals surface area contributed by atoms with Crippen LogP contribution in [0.15, 0.2) is 24.3 Å². The minimum Gasteiger partial charge on any atom is -0.459 e. The molecule has 128 valence electrons. The molecule has 2 aliphatic rings. The van der Waals surface area contributed by atoms with Crippen LogP contribution in [0.25, 0.3) is 0 Å². The maximum Gasteiger partial charge on any atom is 0.330 e. The molecule has 0 N–H and O–H groups in total. The first-order valence-electron chi connectivity index (χ1n) is 7.26. The van der Waals surface area contributed by atoms with Gasteiger partial charge in [0.05, 0.1) is 4.92 Å². The number of nitro benzene ring substituents is 1. The van der Waals surface area contributed by atoms with Gasteiger partial charge in [0.25, 0.3) is 5.69 Å². The molecule has 9 heteroatoms. The van der Waals surface area contributed by atoms with Crippen LogP contribution >= 0.6 is 27.7 Å². The van der Waals surface area contributed by atoms with E-state index < -0.39 is 21.7 Å². The Hall–Kier alpha value is -1.61. The van der Waals surface area contributed by atoms with Gasteiger partial charge in [0.15, 0.2) is 0 Å². The van der Waals surface area contributed by atoms with Crippen LogP contribution in [0.3, 0.4) is 0 Å². The average Bonchev–Trinajstić information content (AvgIpc) is 2.81. The van der Waals surface area contributed by atoms with Crippen LogP contribution in [0.4, 0.5) is 5.69 Å². The van der Waals surface area contributed by atoms with E-state index in [0.29, 0.717) is 5.56 Å². The molecule has 2 fully saturated rings. The van der Waals surface area contributed by atoms with Crippen molar-refractivity contribution in [3.05, 3.63) is 39.9 Å². The Bertz CT molecular complexity index is 708. The third-order valence-corrected chi connectivity index (χ3v) is 6.94. The first kappa shape index (κ1) is 17.2. The van der Waals surface area contributed by atoms with Crippen molar-refractivity contribution < 1.29 is 19.2 Å². The number of halogens is 1. The van der Waals surface area contributed by atoms with Crippen LogP contribution in [-0.4, -0.2) is 42.7 Å². The minimum atomic E-state index is -0.633. The molecule has 2 heterocycles. The molecule has 0 radical (unpaired) electrons. The Morgan fingerprint density at radius 2 is 2.04 bits per heavy atom. The lowest BCUT2D eigenvalue weighted by Gasteiger charge is -2.41. The van der Waals surface area contributed by atoms with Gasteiger partial charge in [-0.25, -0.2) is 4.79 Å². The van der Waals surface area contributed by atoms with E-state index in [-0.39, 0.29) is 28.4 Å². The first-order valence-corrected chi connectivity index (χ1v) is 9.06. The third-order valence-electron chi connectivity index (χ3n) is 4.13. The van der Waals surface area contributed by atoms with Gasteiger partial charge in [0, 0.05) is 16.9 Å². The molecule has 7 nitrogen and oxygen atoms in total. The molecule has 0 spiro atoms. The van der Waals surface area contributed by atoms with Crippen LogP contribution in [0, 0.1) is 10.1 Å². The molecule has 0 aliphatic carbocycles. The Labute approximate surface area is 151 Å². The fraction of sp³-hybridized carbons (Fsp3) is 0.467. The van der Waals surface area contributed by atoms with Crippen LogP contribution < -0.4 is 0 Å². The Morgan fingerprint density at radius 1 is 1.42 bits per heavy atom. The van der Waals surface area contributed by atoms with Crippen molar-refractivity contribution in [3.8, 4) is 0 Å². The number of hydrogen-bond donors (Lipinski definition) is 0. The highest BCUT2D eigenvalue weighted by molar-refractivity contribution is 9.10. The standard InChI is InChI=1S/C15H15BrN2O5S/c1-15(2)11(17-12(19)10(16)13(17)24-15)14(20)23-7-8-3-5-9(6-4-8)18(21)22/h3-6,10-11,13H,7H2,1-2H3. The summed E-state index contributed by atoms with van der Waals surface area (Å²) >= 11 is 4.91. The quantitative estimate of drug-likeness (QED) is 0.247. The monoisotopic (exact) mass is 414 g/mol. The van der Waals surface area contributed by atoms with Crippen molar-refractivity contribution in [1.82, 2.24) is 4.90 Å². The maximum absolute atomic E-state index is 12.5. The van der Waals surface area contributed by atoms with Crippen LogP contribution in [0.5, 0.6) is 0 Å². The topological polar surface area (TPSA) is 89.8 Å². The van der Waals surface area contributed by atoms with Gasteiger partial charge in [0.1, 0.15) is 22.8 Å². The molecular formula is C15H15BrN2O5S. The number of ether oxygens (including phenoxy) is 1. The number of esters is 1. The third kappa shape index (κ3) is 2.79. The fourth-order valence-electron chi connectivity index (χ4n) is 2.89. The lowest BCUT2D eigenvalue weighted by Crippen LogP contribution is -2.63. The van der Waals surface area contributed by atoms with E-state index in [1.807, 2.05) is 13.8 Å². The number of amides is 1. The van der Waals surface area contributed by atoms with Gasteiger partial charge in [0.2, 0.25) is 5.91 Å². The number of benzene rings is 1. The number of alkyl halides is 1. The fourth-order valence-corrected chi connectivity index (χ4v) is 5.25. The number of thioether (sulfide) groups is 1. The first-order chi connectivity index (χ1) is 11.2. The van der Waals surface area contributed by atoms with E-state index in [1.165, 1.54) is 12.1 Å². The van der Waals surface area contributed by atoms with Crippen molar-refractivity contribution in [2.45, 2.75) is 41.4 Å². The van der Waals surface area contributed by atoms with Gasteiger partial charge in [-0.1, -0.05) is 15.9 Å². The number of nitrogens with zero attached hydrogens (tertiary/aromatic N) is 2. The van der Waals surface area contributed by atoms with Gasteiger partial charge in [-0.2, -0.15) is 0 Å². The highest BCUT2D eigenvalue weighted by Crippen LogP contribution is 2.52. The van der Waals surface area contributed by atoms with E-state index >= 15 is 0 Å². The van der Waals surface area contributed by atoms with Gasteiger partial charge in [-0.3, -0.25) is 14.9 Å². The van der Waals surface area contributed by atoms with E-state index in [1.54, 1.807) is 28.8 Å². The summed E-state index contributed by atoms with van der Waals surface area (Å²) in [6, 6.07) is 5.19. The van der Waals surface area contributed by atoms with E-state index in [9.17, 15) is 19.7 Å². The molecule has 3 unspecified atom stereocenters. The van der Waals surface area contributed by atoms with E-state index in [4.69, 9.17) is 4.74 Å². The molecule has 2 aliphatic heterocycles. The number of rotatable bonds is 4. The highest BCUT2D eigenvalue weighted by Gasteiger charge is 2.63. The normalized spacial score (nSPS) is 27.4. The zero-order valence-electron chi connectivity index (χ0n) is 13.0. The van der Waals surface area contributed by atoms with Crippen molar-refractivity contribution in [1.29, 1.82) is 0 Å². The molecule has 0 bridgehead atoms. The van der Waals surface area contributed by atoms with Gasteiger partial charge < -0.3 is 9.64 Å². The van der Waals surface area contributed by atoms with Crippen LogP contribution in [0.2, 0.25) is 0 Å². The summed E-state index contributed by atoms with van der Waals surface area (Å²) in [6.07, 6.45) is 0. The smallest absolute Gasteiger partial charge is 0.330 e. The SMILES string of the molecule is CC1(C)SC2C(Br)C(=O)N2C1C(=O)OCc1ccc([N+](=O)[O-])cc1. The average molecular weight is 415 g/mol. The van der Waals surface area contributed by atoms with Crippen molar-refractivity contribution in [2.24, 2.45) is 0 Å². The summed E-state index contributed by atoms with van der Waals surface area (Å²) in [4.78, 5) is 36.0. The second-order valence-corrected chi connectivity index (χ2v) is 8.95. The molecule has 3 rings (SSSR count). The molecule has 1 amide bonds. The zero-order valence-corrected chi connectivity index (χ0v) is 15.4. The molecule has 1 aromatic carbocycles. The summed E-state index contributed by atoms with van der Waals surface area (Å²) in [5.41, 5.74) is 0.637. The number of carbonyl (C=O) groups excluding carboxylic acids is 2. The number of hydrogen-bond acceptors (Lipinski definition) is 6. The summed E-state index contributed by atoms with van der Waals surface area (Å²) < 4.78 is 4.92. The second-order valence-electron chi connectivity index (χ2n) is 6.19. The number of non-ortho nitro benzene ring substituents is 1. The second kappa shape index (κ2) is 6.03. The largest absolute Gasteiger partial charge is 0.459 e. The maximum atomic E-state index is 12.5. The molecule has 0 saturated carbocycles. The van der Waals surface area contributed by atoms with E-state index in [0.717, 1.165) is 0 Å². The highest BCUT2D eigenvalue weighted by atomic mass is 79.9. The molecule has 3 atom stereocenters. The minimum absolute atomic E-state index is 0.0124. The van der Waals surface area contributed by atoms with Gasteiger partial charge in [-0.05, 0) is 31.5 Å². The number of β-lactam (4-membered cyclic amide) rings is 1. The lowest BCUT2D eigenvalue weighted by molar-refractivity contribution is -0.384. The van der Waals surface area contributed by atoms with Crippen molar-refractivity contribution in [3.63, 3.8) is 0 Å². The molecule has 1 aromatic rings. The summed E-state index contributed by atoms with van der Waals surface area (Å²) in [5.74, 6) is -0.559. The van der Waals surface area contributed by atoms with Gasteiger partial charge in [-0.15, -0.1) is 11.8 Å². The number of carbonyl (C=O) groups is 2. The predicted molar refractivity (Wildman–Crippen MR) is 91.7 cm³/mol. The summed E-state index contributed by atoms with van der Waals surface area (Å²) in [7, 11) is 0. The number of fused-ring (bicyclic) bond motifs is 1. The lowest BCUT2D eigenvalue weighted by atomic mass is 9.98. The predicted octanol–water partition coefficient (Wildman–Crippen LogP) is 2.46. The molecule has 24 heavy (non-hydrogen) atoms. The number of nitro groups is 1. The van der Waals surface area contributed by atoms with Crippen LogP contribution in [0.1, 0.15) is 19.4 Å². The summed E-state index contributed by atoms with van der Waals surface area (Å²) in [6.45, 7) is 3.85. The Balaban J connectivity index is 1.66. The Morgan fingerprint density at radius 3 is 2.62 bits per heavy atom. The van der Waals surface area contributed by atoms with Gasteiger partial charge >= 0.3 is 5.97 Å². The molecule has 0 aromatic heterocycles. The van der Waals surface area contributed by atoms with Crippen LogP contribution in [-0.2, 0) is 20.9 Å². The van der Waals surface area contributed by atoms with Crippen molar-refractivity contribution in [2.75, 3.05) is 0 Å². The Kier molecular flexibility index (Phi) is 4.33.